The second-order valence-electron chi connectivity index (χ2n) is 13.8. The van der Waals surface area contributed by atoms with Crippen LogP contribution in [0.15, 0.2) is 23.0 Å². The van der Waals surface area contributed by atoms with Crippen LogP contribution in [0.2, 0.25) is 0 Å². The highest BCUT2D eigenvalue weighted by Gasteiger charge is 2.58. The van der Waals surface area contributed by atoms with Crippen LogP contribution in [-0.4, -0.2) is 145 Å². The van der Waals surface area contributed by atoms with Crippen LogP contribution < -0.4 is 10.2 Å². The monoisotopic (exact) mass is 896 g/mol. The van der Waals surface area contributed by atoms with Gasteiger partial charge < -0.3 is 72.2 Å². The van der Waals surface area contributed by atoms with Crippen LogP contribution in [0.4, 0.5) is 0 Å². The number of ether oxygens (including phenoxy) is 12. The van der Waals surface area contributed by atoms with E-state index in [4.69, 9.17) is 52.1 Å². The van der Waals surface area contributed by atoms with Gasteiger partial charge in [-0.3, -0.25) is 38.4 Å². The molecule has 2 aromatic rings. The van der Waals surface area contributed by atoms with Gasteiger partial charge in [-0.15, -0.1) is 0 Å². The molecule has 10 atom stereocenters. The van der Waals surface area contributed by atoms with Crippen molar-refractivity contribution in [1.29, 1.82) is 0 Å². The van der Waals surface area contributed by atoms with Crippen LogP contribution >= 0.6 is 0 Å². The molecule has 63 heavy (non-hydrogen) atoms. The fraction of sp³-hybridized carbons (Fsp3) is 0.513. The van der Waals surface area contributed by atoms with Crippen molar-refractivity contribution in [2.75, 3.05) is 20.3 Å². The lowest BCUT2D eigenvalue weighted by molar-refractivity contribution is -0.354. The van der Waals surface area contributed by atoms with E-state index in [1.807, 2.05) is 0 Å². The Morgan fingerprint density at radius 3 is 1.49 bits per heavy atom. The van der Waals surface area contributed by atoms with E-state index in [2.05, 4.69) is 4.74 Å². The molecule has 4 rings (SSSR count). The van der Waals surface area contributed by atoms with Crippen molar-refractivity contribution in [3.05, 3.63) is 34.0 Å². The van der Waals surface area contributed by atoms with Crippen molar-refractivity contribution in [3.63, 3.8) is 0 Å². The van der Waals surface area contributed by atoms with Gasteiger partial charge in [0.25, 0.3) is 0 Å². The highest BCUT2D eigenvalue weighted by molar-refractivity contribution is 5.98. The highest BCUT2D eigenvalue weighted by Crippen LogP contribution is 2.43. The number of carbonyl (C=O) groups is 8. The fourth-order valence-electron chi connectivity index (χ4n) is 6.57. The molecule has 0 spiro atoms. The summed E-state index contributed by atoms with van der Waals surface area (Å²) in [7, 11) is 1.01. The molecule has 344 valence electrons. The molecule has 2 aliphatic rings. The van der Waals surface area contributed by atoms with E-state index in [1.165, 1.54) is 0 Å². The third-order valence-corrected chi connectivity index (χ3v) is 8.88. The van der Waals surface area contributed by atoms with Gasteiger partial charge in [-0.05, 0) is 23.6 Å². The quantitative estimate of drug-likeness (QED) is 0.129. The maximum absolute atomic E-state index is 13.1. The van der Waals surface area contributed by atoms with Crippen LogP contribution in [-0.2, 0) is 85.7 Å². The van der Waals surface area contributed by atoms with Gasteiger partial charge in [0.05, 0.1) is 18.1 Å². The predicted molar refractivity (Wildman–Crippen MR) is 200 cm³/mol. The Balaban J connectivity index is 1.92. The lowest BCUT2D eigenvalue weighted by atomic mass is 9.96. The lowest BCUT2D eigenvalue weighted by Crippen LogP contribution is -2.67. The van der Waals surface area contributed by atoms with Gasteiger partial charge in [0.1, 0.15) is 31.5 Å². The number of esters is 8. The molecule has 3 N–H and O–H groups in total. The number of phenolic OH excluding ortho intramolecular Hbond substituents is 2. The topological polar surface area (TPSA) is 325 Å². The number of fused-ring (bicyclic) bond motifs is 1. The van der Waals surface area contributed by atoms with E-state index in [9.17, 15) is 58.5 Å². The van der Waals surface area contributed by atoms with Crippen molar-refractivity contribution in [1.82, 2.24) is 0 Å². The molecule has 0 saturated carbocycles. The number of carbonyl (C=O) groups excluding carboxylic acids is 8. The summed E-state index contributed by atoms with van der Waals surface area (Å²) in [5, 5.41) is 31.5. The Kier molecular flexibility index (Phi) is 16.2. The second-order valence-corrected chi connectivity index (χ2v) is 13.8. The van der Waals surface area contributed by atoms with E-state index in [-0.39, 0.29) is 10.9 Å². The summed E-state index contributed by atoms with van der Waals surface area (Å²) in [6.07, 6.45) is -18.2. The summed E-state index contributed by atoms with van der Waals surface area (Å²) < 4.78 is 66.8. The zero-order chi connectivity index (χ0) is 47.0. The first kappa shape index (κ1) is 48.9. The van der Waals surface area contributed by atoms with Crippen molar-refractivity contribution in [2.24, 2.45) is 0 Å². The van der Waals surface area contributed by atoms with E-state index in [0.717, 1.165) is 73.8 Å². The molecule has 2 aliphatic heterocycles. The van der Waals surface area contributed by atoms with E-state index in [0.29, 0.717) is 0 Å². The first-order valence-corrected chi connectivity index (χ1v) is 18.6. The average Bonchev–Trinajstić information content (AvgIpc) is 3.30. The summed E-state index contributed by atoms with van der Waals surface area (Å²) in [5.74, 6) is -11.8. The number of methoxy groups -OCH3 is 1. The van der Waals surface area contributed by atoms with Crippen LogP contribution in [0.1, 0.15) is 58.8 Å². The number of hydrogen-bond acceptors (Lipinski definition) is 24. The third kappa shape index (κ3) is 12.2. The molecule has 0 aliphatic carbocycles. The molecular weight excluding hydrogens is 852 g/mol. The molecule has 0 bridgehead atoms. The zero-order valence-corrected chi connectivity index (χ0v) is 34.8. The molecule has 2 heterocycles. The standard InChI is InChI=1S/C39H44O24/c1-14(40)53-12-25-31(55-16(3)42)33(56-17(4)43)36(59-20(7)46)39(62-25)63-32-26(13-54-15(2)41)61-38(35(58-19(6)45)34(32)57-18(5)44)60-24-11-21-9-22(37(51)52-8)10-23(47)28(48)27(21)30(50)29(24)49/h9-11,25-26,31-36,38-39,49-50H,12-13H2,1-8H3,(H,47,48)/t25-,26-,31-,32-,33+,34+,35-,36-,38-,39-/m1/s1. The first-order chi connectivity index (χ1) is 29.5. The molecule has 24 heteroatoms. The molecule has 0 unspecified atom stereocenters. The molecule has 24 nitrogen and oxygen atoms in total. The molecule has 2 fully saturated rings. The molecule has 2 saturated heterocycles. The number of phenols is 2. The SMILES string of the molecule is COC(=O)c1cc(O)c(=O)c2c(O)c(O)c(O[C@@H]3O[C@H](COC(C)=O)[C@@H](O[C@H]4O[C@H](COC(C)=O)[C@@H](OC(C)=O)[C@H](OC(C)=O)[C@H]4OC(C)=O)[C@H](OC(C)=O)[C@H]3OC(C)=O)cc2c1. The predicted octanol–water partition coefficient (Wildman–Crippen LogP) is 0.102. The number of hydrogen-bond donors (Lipinski definition) is 3. The zero-order valence-electron chi connectivity index (χ0n) is 34.8. The summed E-state index contributed by atoms with van der Waals surface area (Å²) in [6, 6.07) is 2.68. The largest absolute Gasteiger partial charge is 0.504 e. The number of aromatic hydroxyl groups is 3. The minimum atomic E-state index is -2.03. The van der Waals surface area contributed by atoms with Gasteiger partial charge in [0, 0.05) is 48.5 Å². The van der Waals surface area contributed by atoms with Crippen LogP contribution in [0.5, 0.6) is 23.0 Å². The first-order valence-electron chi connectivity index (χ1n) is 18.6. The molecule has 0 amide bonds. The molecule has 2 aromatic carbocycles. The molecule has 0 radical (unpaired) electrons. The van der Waals surface area contributed by atoms with Crippen molar-refractivity contribution >= 4 is 58.5 Å². The number of rotatable bonds is 14. The van der Waals surface area contributed by atoms with Gasteiger partial charge in [0.2, 0.25) is 23.6 Å². The van der Waals surface area contributed by atoms with Crippen molar-refractivity contribution in [2.45, 2.75) is 110 Å². The summed E-state index contributed by atoms with van der Waals surface area (Å²) in [4.78, 5) is 112. The Hall–Kier alpha value is -6.79. The van der Waals surface area contributed by atoms with Crippen LogP contribution in [0.3, 0.4) is 0 Å². The average molecular weight is 897 g/mol. The van der Waals surface area contributed by atoms with Crippen molar-refractivity contribution < 1.29 is 111 Å². The maximum Gasteiger partial charge on any atom is 0.338 e. The van der Waals surface area contributed by atoms with Gasteiger partial charge in [0.15, 0.2) is 48.0 Å². The Morgan fingerprint density at radius 1 is 0.556 bits per heavy atom. The normalized spacial score (nSPS) is 25.3. The van der Waals surface area contributed by atoms with Crippen LogP contribution in [0, 0.1) is 0 Å². The van der Waals surface area contributed by atoms with Gasteiger partial charge in [-0.2, -0.15) is 0 Å². The summed E-state index contributed by atoms with van der Waals surface area (Å²) >= 11 is 0. The molecule has 0 aromatic heterocycles. The second kappa shape index (κ2) is 20.9. The Morgan fingerprint density at radius 2 is 1.00 bits per heavy atom. The van der Waals surface area contributed by atoms with Crippen molar-refractivity contribution in [3.8, 4) is 23.0 Å². The smallest absolute Gasteiger partial charge is 0.338 e. The van der Waals surface area contributed by atoms with Gasteiger partial charge >= 0.3 is 47.8 Å². The highest BCUT2D eigenvalue weighted by atomic mass is 16.8. The van der Waals surface area contributed by atoms with Crippen LogP contribution in [0.25, 0.3) is 10.8 Å². The summed E-state index contributed by atoms with van der Waals surface area (Å²) in [6.45, 7) is 5.38. The Bertz CT molecular complexity index is 2180. The summed E-state index contributed by atoms with van der Waals surface area (Å²) in [5.41, 5.74) is -1.62. The maximum atomic E-state index is 13.1. The lowest BCUT2D eigenvalue weighted by Gasteiger charge is -2.48. The third-order valence-electron chi connectivity index (χ3n) is 8.88. The van der Waals surface area contributed by atoms with E-state index in [1.54, 1.807) is 0 Å². The number of benzene rings is 1. The van der Waals surface area contributed by atoms with Gasteiger partial charge in [-0.25, -0.2) is 4.79 Å². The minimum Gasteiger partial charge on any atom is -0.504 e. The fourth-order valence-corrected chi connectivity index (χ4v) is 6.57. The van der Waals surface area contributed by atoms with Gasteiger partial charge in [-0.1, -0.05) is 0 Å². The van der Waals surface area contributed by atoms with E-state index >= 15 is 0 Å². The molecular formula is C39H44O24. The Labute approximate surface area is 356 Å². The minimum absolute atomic E-state index is 0.316. The van der Waals surface area contributed by atoms with E-state index < -0.39 is 156 Å².